The first-order valence-corrected chi connectivity index (χ1v) is 8.88. The molecule has 108 valence electrons. The molecule has 2 heteroatoms. The Bertz CT molecular complexity index is 1120. The van der Waals surface area contributed by atoms with Crippen LogP contribution in [0.15, 0.2) is 36.4 Å². The summed E-state index contributed by atoms with van der Waals surface area (Å²) in [4.78, 5) is 2.66. The molecule has 0 nitrogen and oxygen atoms in total. The van der Waals surface area contributed by atoms with Gasteiger partial charge in [0.05, 0.1) is 0 Å². The second kappa shape index (κ2) is 4.80. The second-order valence-electron chi connectivity index (χ2n) is 5.72. The van der Waals surface area contributed by atoms with E-state index in [0.717, 1.165) is 10.4 Å². The van der Waals surface area contributed by atoms with Crippen LogP contribution in [0.25, 0.3) is 33.3 Å². The molecule has 0 aliphatic heterocycles. The third-order valence-electron chi connectivity index (χ3n) is 4.16. The van der Waals surface area contributed by atoms with Crippen LogP contribution in [0.4, 0.5) is 0 Å². The molecule has 0 N–H and O–H groups in total. The molecule has 4 aromatic rings. The van der Waals surface area contributed by atoms with E-state index < -0.39 is 0 Å². The lowest BCUT2D eigenvalue weighted by Crippen LogP contribution is -2.08. The number of aryl methyl sites for hydroxylation is 2. The molecule has 0 saturated carbocycles. The molecular weight excluding hydrogens is 304 g/mol. The van der Waals surface area contributed by atoms with Crippen molar-refractivity contribution >= 4 is 56.0 Å². The lowest BCUT2D eigenvalue weighted by molar-refractivity contribution is 1.47. The van der Waals surface area contributed by atoms with E-state index in [1.54, 1.807) is 0 Å². The summed E-state index contributed by atoms with van der Waals surface area (Å²) in [7, 11) is 0. The fourth-order valence-electron chi connectivity index (χ4n) is 3.10. The highest BCUT2D eigenvalue weighted by atomic mass is 32.1. The molecule has 0 aliphatic carbocycles. The van der Waals surface area contributed by atoms with Crippen LogP contribution in [0.1, 0.15) is 9.75 Å². The van der Waals surface area contributed by atoms with E-state index in [0.29, 0.717) is 0 Å². The molecule has 0 bridgehead atoms. The zero-order valence-corrected chi connectivity index (χ0v) is 14.3. The molecule has 0 atom stereocenters. The molecule has 2 aromatic carbocycles. The predicted molar refractivity (Wildman–Crippen MR) is 101 cm³/mol. The van der Waals surface area contributed by atoms with E-state index >= 15 is 0 Å². The Morgan fingerprint density at radius 2 is 1.09 bits per heavy atom. The van der Waals surface area contributed by atoms with Crippen LogP contribution < -0.4 is 10.4 Å². The van der Waals surface area contributed by atoms with Gasteiger partial charge in [-0.05, 0) is 69.8 Å². The van der Waals surface area contributed by atoms with Gasteiger partial charge >= 0.3 is 0 Å². The minimum atomic E-state index is 1.11. The van der Waals surface area contributed by atoms with Gasteiger partial charge in [-0.2, -0.15) is 0 Å². The van der Waals surface area contributed by atoms with Gasteiger partial charge in [-0.1, -0.05) is 25.3 Å². The van der Waals surface area contributed by atoms with Gasteiger partial charge in [0.2, 0.25) is 0 Å². The van der Waals surface area contributed by atoms with E-state index in [9.17, 15) is 0 Å². The molecular formula is C20H16S2. The number of thiophene rings is 2. The largest absolute Gasteiger partial charge is 0.141 e. The molecule has 2 aromatic heterocycles. The van der Waals surface area contributed by atoms with Gasteiger partial charge in [0.15, 0.2) is 0 Å². The first kappa shape index (κ1) is 13.7. The van der Waals surface area contributed by atoms with Crippen LogP contribution in [-0.4, -0.2) is 0 Å². The van der Waals surface area contributed by atoms with Crippen molar-refractivity contribution in [2.75, 3.05) is 0 Å². The maximum Gasteiger partial charge on any atom is 0.0351 e. The van der Waals surface area contributed by atoms with Gasteiger partial charge in [-0.15, -0.1) is 22.7 Å². The Kier molecular flexibility index (Phi) is 3.00. The maximum atomic E-state index is 4.35. The summed E-state index contributed by atoms with van der Waals surface area (Å²) < 4.78 is 2.62. The Labute approximate surface area is 137 Å². The molecule has 0 aliphatic rings. The van der Waals surface area contributed by atoms with Crippen molar-refractivity contribution in [3.63, 3.8) is 0 Å². The summed E-state index contributed by atoms with van der Waals surface area (Å²) in [6, 6.07) is 13.3. The maximum absolute atomic E-state index is 4.35. The van der Waals surface area contributed by atoms with E-state index in [4.69, 9.17) is 0 Å². The van der Waals surface area contributed by atoms with Crippen molar-refractivity contribution < 1.29 is 0 Å². The normalized spacial score (nSPS) is 13.2. The highest BCUT2D eigenvalue weighted by molar-refractivity contribution is 7.19. The topological polar surface area (TPSA) is 0 Å². The van der Waals surface area contributed by atoms with Crippen molar-refractivity contribution in [3.8, 4) is 0 Å². The van der Waals surface area contributed by atoms with Crippen molar-refractivity contribution in [1.82, 2.24) is 0 Å². The molecule has 22 heavy (non-hydrogen) atoms. The number of rotatable bonds is 0. The monoisotopic (exact) mass is 320 g/mol. The van der Waals surface area contributed by atoms with Gasteiger partial charge in [0.1, 0.15) is 0 Å². The standard InChI is InChI=1S/C20H16S2/c1-11-9-17-13(3)15(5-7-19(17)21-11)16-6-8-20-18(14(16)4)10-12(2)22-20/h5-10H,3-4H2,1-2H3/b16-15-. The minimum absolute atomic E-state index is 1.11. The first-order chi connectivity index (χ1) is 10.5. The smallest absolute Gasteiger partial charge is 0.0351 e. The molecule has 0 radical (unpaired) electrons. The van der Waals surface area contributed by atoms with Crippen molar-refractivity contribution in [1.29, 1.82) is 0 Å². The van der Waals surface area contributed by atoms with Gasteiger partial charge in [0, 0.05) is 19.2 Å². The molecule has 0 spiro atoms. The van der Waals surface area contributed by atoms with Gasteiger partial charge < -0.3 is 0 Å². The fourth-order valence-corrected chi connectivity index (χ4v) is 5.00. The van der Waals surface area contributed by atoms with Gasteiger partial charge in [0.25, 0.3) is 0 Å². The third-order valence-corrected chi connectivity index (χ3v) is 6.19. The van der Waals surface area contributed by atoms with E-state index in [-0.39, 0.29) is 0 Å². The molecule has 0 saturated heterocycles. The Hall–Kier alpha value is -1.90. The summed E-state index contributed by atoms with van der Waals surface area (Å²) in [6.07, 6.45) is 0. The number of hydrogen-bond acceptors (Lipinski definition) is 2. The van der Waals surface area contributed by atoms with E-state index in [1.165, 1.54) is 40.4 Å². The first-order valence-electron chi connectivity index (χ1n) is 7.25. The minimum Gasteiger partial charge on any atom is -0.141 e. The lowest BCUT2D eigenvalue weighted by atomic mass is 10.1. The van der Waals surface area contributed by atoms with Crippen molar-refractivity contribution in [3.05, 3.63) is 67.0 Å². The zero-order valence-electron chi connectivity index (χ0n) is 12.7. The highest BCUT2D eigenvalue weighted by Crippen LogP contribution is 2.23. The summed E-state index contributed by atoms with van der Waals surface area (Å²) >= 11 is 3.65. The summed E-state index contributed by atoms with van der Waals surface area (Å²) in [5.74, 6) is 0. The van der Waals surface area contributed by atoms with E-state index in [2.05, 4.69) is 63.4 Å². The van der Waals surface area contributed by atoms with Crippen LogP contribution in [0.2, 0.25) is 0 Å². The average molecular weight is 320 g/mol. The molecule has 4 rings (SSSR count). The van der Waals surface area contributed by atoms with Gasteiger partial charge in [-0.25, -0.2) is 0 Å². The zero-order chi connectivity index (χ0) is 15.4. The van der Waals surface area contributed by atoms with Gasteiger partial charge in [-0.3, -0.25) is 0 Å². The predicted octanol–water partition coefficient (Wildman–Crippen LogP) is 4.84. The summed E-state index contributed by atoms with van der Waals surface area (Å²) in [5, 5.41) is 7.14. The Morgan fingerprint density at radius 3 is 1.50 bits per heavy atom. The molecule has 0 fully saturated rings. The summed E-state index contributed by atoms with van der Waals surface area (Å²) in [5.41, 5.74) is 0. The molecule has 0 amide bonds. The van der Waals surface area contributed by atoms with Crippen LogP contribution in [0.5, 0.6) is 0 Å². The average Bonchev–Trinajstić information content (AvgIpc) is 3.03. The fraction of sp³-hybridized carbons (Fsp3) is 0.100. The van der Waals surface area contributed by atoms with Crippen molar-refractivity contribution in [2.24, 2.45) is 0 Å². The van der Waals surface area contributed by atoms with Crippen LogP contribution >= 0.6 is 22.7 Å². The molecule has 2 heterocycles. The SMILES string of the molecule is C=c1/c(=c2/ccc3sc(C)cc3c2=C)ccc2sc(C)cc12. The third kappa shape index (κ3) is 1.95. The molecule has 0 unspecified atom stereocenters. The summed E-state index contributed by atoms with van der Waals surface area (Å²) in [6.45, 7) is 13.0. The van der Waals surface area contributed by atoms with Crippen LogP contribution in [-0.2, 0) is 0 Å². The van der Waals surface area contributed by atoms with E-state index in [1.807, 2.05) is 22.7 Å². The number of fused-ring (bicyclic) bond motifs is 2. The lowest BCUT2D eigenvalue weighted by Gasteiger charge is -1.96. The Morgan fingerprint density at radius 1 is 0.682 bits per heavy atom. The van der Waals surface area contributed by atoms with Crippen LogP contribution in [0.3, 0.4) is 0 Å². The Balaban J connectivity index is 2.28. The van der Waals surface area contributed by atoms with Crippen LogP contribution in [0, 0.1) is 24.3 Å². The van der Waals surface area contributed by atoms with Crippen molar-refractivity contribution in [2.45, 2.75) is 13.8 Å². The quantitative estimate of drug-likeness (QED) is 0.435. The number of benzene rings is 2. The second-order valence-corrected chi connectivity index (χ2v) is 8.30. The number of hydrogen-bond donors (Lipinski definition) is 0. The highest BCUT2D eigenvalue weighted by Gasteiger charge is 2.03.